The van der Waals surface area contributed by atoms with E-state index >= 15 is 0 Å². The van der Waals surface area contributed by atoms with E-state index < -0.39 is 0 Å². The van der Waals surface area contributed by atoms with Gasteiger partial charge in [0, 0.05) is 15.9 Å². The molecule has 3 heteroatoms. The first-order valence-electron chi connectivity index (χ1n) is 4.53. The molecule has 0 aliphatic heterocycles. The minimum atomic E-state index is -0.0635. The molecule has 0 bridgehead atoms. The van der Waals surface area contributed by atoms with Crippen molar-refractivity contribution in [3.8, 4) is 0 Å². The van der Waals surface area contributed by atoms with Crippen molar-refractivity contribution in [2.24, 2.45) is 0 Å². The van der Waals surface area contributed by atoms with E-state index in [0.717, 1.165) is 21.8 Å². The number of pyridine rings is 1. The van der Waals surface area contributed by atoms with Gasteiger partial charge in [0.1, 0.15) is 0 Å². The molecule has 1 aromatic heterocycles. The van der Waals surface area contributed by atoms with Crippen molar-refractivity contribution in [2.45, 2.75) is 13.3 Å². The van der Waals surface area contributed by atoms with Gasteiger partial charge in [-0.15, -0.1) is 0 Å². The third kappa shape index (κ3) is 1.48. The van der Waals surface area contributed by atoms with E-state index in [1.807, 2.05) is 12.1 Å². The standard InChI is InChI=1S/C11H10BrNO/c1-2-7-3-5-9(12)11-8(7)4-6-10(14)13-11/h3-6H,2H2,1H3,(H,13,14). The predicted octanol–water partition coefficient (Wildman–Crippen LogP) is 2.85. The Morgan fingerprint density at radius 2 is 2.07 bits per heavy atom. The molecule has 0 aliphatic rings. The van der Waals surface area contributed by atoms with Crippen LogP contribution in [0.2, 0.25) is 0 Å². The second-order valence-corrected chi connectivity index (χ2v) is 4.03. The van der Waals surface area contributed by atoms with E-state index in [4.69, 9.17) is 0 Å². The largest absolute Gasteiger partial charge is 0.321 e. The number of aromatic nitrogens is 1. The van der Waals surface area contributed by atoms with Crippen molar-refractivity contribution in [3.05, 3.63) is 44.7 Å². The summed E-state index contributed by atoms with van der Waals surface area (Å²) < 4.78 is 0.933. The second-order valence-electron chi connectivity index (χ2n) is 3.17. The number of nitrogens with one attached hydrogen (secondary N) is 1. The molecule has 2 rings (SSSR count). The zero-order valence-electron chi connectivity index (χ0n) is 7.80. The minimum Gasteiger partial charge on any atom is -0.321 e. The Balaban J connectivity index is 2.91. The van der Waals surface area contributed by atoms with Crippen LogP contribution in [-0.4, -0.2) is 4.98 Å². The molecule has 2 aromatic rings. The summed E-state index contributed by atoms with van der Waals surface area (Å²) in [5.41, 5.74) is 2.07. The highest BCUT2D eigenvalue weighted by Crippen LogP contribution is 2.24. The maximum absolute atomic E-state index is 11.2. The maximum atomic E-state index is 11.2. The van der Waals surface area contributed by atoms with E-state index in [9.17, 15) is 4.79 Å². The van der Waals surface area contributed by atoms with Crippen LogP contribution in [0, 0.1) is 0 Å². The highest BCUT2D eigenvalue weighted by atomic mass is 79.9. The number of hydrogen-bond donors (Lipinski definition) is 1. The minimum absolute atomic E-state index is 0.0635. The number of halogens is 1. The maximum Gasteiger partial charge on any atom is 0.248 e. The van der Waals surface area contributed by atoms with Gasteiger partial charge in [-0.1, -0.05) is 13.0 Å². The SMILES string of the molecule is CCc1ccc(Br)c2[nH]c(=O)ccc12. The Hall–Kier alpha value is -1.09. The number of fused-ring (bicyclic) bond motifs is 1. The second kappa shape index (κ2) is 3.58. The summed E-state index contributed by atoms with van der Waals surface area (Å²) >= 11 is 3.42. The predicted molar refractivity (Wildman–Crippen MR) is 61.6 cm³/mol. The summed E-state index contributed by atoms with van der Waals surface area (Å²) in [6.07, 6.45) is 0.968. The number of hydrogen-bond acceptors (Lipinski definition) is 1. The van der Waals surface area contributed by atoms with Crippen LogP contribution in [0.1, 0.15) is 12.5 Å². The number of rotatable bonds is 1. The van der Waals surface area contributed by atoms with E-state index in [2.05, 4.69) is 33.9 Å². The Morgan fingerprint density at radius 3 is 2.79 bits per heavy atom. The topological polar surface area (TPSA) is 32.9 Å². The Morgan fingerprint density at radius 1 is 1.29 bits per heavy atom. The molecule has 0 radical (unpaired) electrons. The number of benzene rings is 1. The van der Waals surface area contributed by atoms with Crippen molar-refractivity contribution in [1.82, 2.24) is 4.98 Å². The smallest absolute Gasteiger partial charge is 0.248 e. The summed E-state index contributed by atoms with van der Waals surface area (Å²) in [6.45, 7) is 2.10. The van der Waals surface area contributed by atoms with Gasteiger partial charge in [0.05, 0.1) is 5.52 Å². The van der Waals surface area contributed by atoms with Gasteiger partial charge in [0.15, 0.2) is 0 Å². The fraction of sp³-hybridized carbons (Fsp3) is 0.182. The number of aryl methyl sites for hydroxylation is 1. The Bertz CT molecular complexity index is 530. The van der Waals surface area contributed by atoms with Crippen LogP contribution < -0.4 is 5.56 Å². The van der Waals surface area contributed by atoms with Crippen LogP contribution in [0.4, 0.5) is 0 Å². The lowest BCUT2D eigenvalue weighted by Gasteiger charge is -2.05. The van der Waals surface area contributed by atoms with Gasteiger partial charge >= 0.3 is 0 Å². The van der Waals surface area contributed by atoms with Gasteiger partial charge < -0.3 is 4.98 Å². The van der Waals surface area contributed by atoms with Gasteiger partial charge in [-0.2, -0.15) is 0 Å². The molecule has 2 nitrogen and oxygen atoms in total. The van der Waals surface area contributed by atoms with E-state index in [-0.39, 0.29) is 5.56 Å². The molecule has 14 heavy (non-hydrogen) atoms. The van der Waals surface area contributed by atoms with Crippen LogP contribution in [0.25, 0.3) is 10.9 Å². The van der Waals surface area contributed by atoms with Gasteiger partial charge in [-0.25, -0.2) is 0 Å². The highest BCUT2D eigenvalue weighted by molar-refractivity contribution is 9.10. The number of aromatic amines is 1. The van der Waals surface area contributed by atoms with Crippen molar-refractivity contribution in [3.63, 3.8) is 0 Å². The van der Waals surface area contributed by atoms with E-state index in [1.54, 1.807) is 6.07 Å². The Kier molecular flexibility index (Phi) is 2.42. The third-order valence-corrected chi connectivity index (χ3v) is 2.98. The molecule has 0 saturated heterocycles. The van der Waals surface area contributed by atoms with E-state index in [1.165, 1.54) is 5.56 Å². The van der Waals surface area contributed by atoms with Crippen molar-refractivity contribution < 1.29 is 0 Å². The molecule has 0 amide bonds. The normalized spacial score (nSPS) is 10.7. The molecule has 1 aromatic carbocycles. The molecule has 0 unspecified atom stereocenters. The van der Waals surface area contributed by atoms with Crippen LogP contribution in [0.15, 0.2) is 33.5 Å². The van der Waals surface area contributed by atoms with Crippen LogP contribution in [0.3, 0.4) is 0 Å². The van der Waals surface area contributed by atoms with E-state index in [0.29, 0.717) is 0 Å². The summed E-state index contributed by atoms with van der Waals surface area (Å²) in [4.78, 5) is 14.0. The zero-order valence-corrected chi connectivity index (χ0v) is 9.39. The first-order valence-corrected chi connectivity index (χ1v) is 5.32. The number of H-pyrrole nitrogens is 1. The van der Waals surface area contributed by atoms with Gasteiger partial charge in [-0.3, -0.25) is 4.79 Å². The molecule has 0 saturated carbocycles. The molecule has 0 fully saturated rings. The average Bonchev–Trinajstić information content (AvgIpc) is 2.19. The molecule has 0 spiro atoms. The van der Waals surface area contributed by atoms with Gasteiger partial charge in [0.25, 0.3) is 0 Å². The summed E-state index contributed by atoms with van der Waals surface area (Å²) in [5, 5.41) is 1.11. The third-order valence-electron chi connectivity index (χ3n) is 2.32. The summed E-state index contributed by atoms with van der Waals surface area (Å²) in [7, 11) is 0. The van der Waals surface area contributed by atoms with Gasteiger partial charge in [0.2, 0.25) is 5.56 Å². The fourth-order valence-electron chi connectivity index (χ4n) is 1.59. The first kappa shape index (κ1) is 9.46. The lowest BCUT2D eigenvalue weighted by molar-refractivity contribution is 1.15. The summed E-state index contributed by atoms with van der Waals surface area (Å²) in [5.74, 6) is 0. The monoisotopic (exact) mass is 251 g/mol. The zero-order chi connectivity index (χ0) is 10.1. The summed E-state index contributed by atoms with van der Waals surface area (Å²) in [6, 6.07) is 7.48. The van der Waals surface area contributed by atoms with Crippen LogP contribution >= 0.6 is 15.9 Å². The average molecular weight is 252 g/mol. The highest BCUT2D eigenvalue weighted by Gasteiger charge is 2.03. The Labute approximate surface area is 90.1 Å². The van der Waals surface area contributed by atoms with Crippen molar-refractivity contribution >= 4 is 26.8 Å². The molecule has 1 heterocycles. The first-order chi connectivity index (χ1) is 6.72. The molecular formula is C11H10BrNO. The molecular weight excluding hydrogens is 242 g/mol. The van der Waals surface area contributed by atoms with Gasteiger partial charge in [-0.05, 0) is 40.0 Å². The lowest BCUT2D eigenvalue weighted by atomic mass is 10.1. The quantitative estimate of drug-likeness (QED) is 0.831. The van der Waals surface area contributed by atoms with Crippen molar-refractivity contribution in [1.29, 1.82) is 0 Å². The fourth-order valence-corrected chi connectivity index (χ4v) is 2.03. The van der Waals surface area contributed by atoms with Crippen LogP contribution in [0.5, 0.6) is 0 Å². The molecule has 0 aliphatic carbocycles. The lowest BCUT2D eigenvalue weighted by Crippen LogP contribution is -2.03. The van der Waals surface area contributed by atoms with Crippen LogP contribution in [-0.2, 0) is 6.42 Å². The molecule has 72 valence electrons. The molecule has 1 N–H and O–H groups in total. The van der Waals surface area contributed by atoms with Crippen molar-refractivity contribution in [2.75, 3.05) is 0 Å². The molecule has 0 atom stereocenters.